The summed E-state index contributed by atoms with van der Waals surface area (Å²) < 4.78 is 11.8. The van der Waals surface area contributed by atoms with E-state index in [0.717, 1.165) is 0 Å². The van der Waals surface area contributed by atoms with Crippen LogP contribution in [-0.2, 0) is 9.47 Å². The molecule has 0 saturated carbocycles. The summed E-state index contributed by atoms with van der Waals surface area (Å²) in [6.07, 6.45) is 1.19. The molecule has 1 aliphatic heterocycles. The van der Waals surface area contributed by atoms with Gasteiger partial charge in [0.1, 0.15) is 24.3 Å². The number of nitrogens with zero attached hydrogens (tertiary/aromatic N) is 2. The van der Waals surface area contributed by atoms with Crippen LogP contribution < -0.4 is 11.4 Å². The van der Waals surface area contributed by atoms with Crippen molar-refractivity contribution in [2.24, 2.45) is 0 Å². The normalized spacial score (nSPS) is 24.1. The number of rotatable bonds is 4. The second-order valence-electron chi connectivity index (χ2n) is 3.40. The van der Waals surface area contributed by atoms with Crippen molar-refractivity contribution in [3.05, 3.63) is 22.7 Å². The number of hydrogen-bond acceptors (Lipinski definition) is 7. The molecule has 1 aromatic rings. The van der Waals surface area contributed by atoms with E-state index < -0.39 is 5.69 Å². The summed E-state index contributed by atoms with van der Waals surface area (Å²) in [5.41, 5.74) is 4.79. The first-order valence-corrected chi connectivity index (χ1v) is 6.06. The summed E-state index contributed by atoms with van der Waals surface area (Å²) in [6.45, 7) is -0.0523. The largest absolute Gasteiger partial charge is 0.383 e. The van der Waals surface area contributed by atoms with Crippen LogP contribution in [0.25, 0.3) is 0 Å². The summed E-state index contributed by atoms with van der Waals surface area (Å²) in [7, 11) is 0. The lowest BCUT2D eigenvalue weighted by Gasteiger charge is -2.14. The minimum Gasteiger partial charge on any atom is -0.383 e. The van der Waals surface area contributed by atoms with Crippen LogP contribution >= 0.6 is 11.8 Å². The molecule has 94 valence electrons. The lowest BCUT2D eigenvalue weighted by atomic mass is 10.5. The summed E-state index contributed by atoms with van der Waals surface area (Å²) >= 11 is 1.52. The van der Waals surface area contributed by atoms with Gasteiger partial charge in [-0.1, -0.05) is 0 Å². The van der Waals surface area contributed by atoms with Crippen molar-refractivity contribution in [2.75, 3.05) is 24.9 Å². The average molecular weight is 259 g/mol. The third kappa shape index (κ3) is 2.97. The van der Waals surface area contributed by atoms with Gasteiger partial charge in [0.15, 0.2) is 0 Å². The van der Waals surface area contributed by atoms with Crippen LogP contribution in [0.5, 0.6) is 0 Å². The zero-order valence-corrected chi connectivity index (χ0v) is 9.80. The quantitative estimate of drug-likeness (QED) is 0.695. The van der Waals surface area contributed by atoms with E-state index in [9.17, 15) is 4.79 Å². The third-order valence-corrected chi connectivity index (χ3v) is 3.34. The van der Waals surface area contributed by atoms with Crippen molar-refractivity contribution in [1.82, 2.24) is 9.55 Å². The highest BCUT2D eigenvalue weighted by Crippen LogP contribution is 2.30. The second kappa shape index (κ2) is 5.50. The Bertz CT molecular complexity index is 438. The van der Waals surface area contributed by atoms with Gasteiger partial charge in [-0.25, -0.2) is 4.79 Å². The Hall–Kier alpha value is -1.09. The molecule has 0 aromatic carbocycles. The van der Waals surface area contributed by atoms with E-state index in [4.69, 9.17) is 20.3 Å². The summed E-state index contributed by atoms with van der Waals surface area (Å²) in [5, 5.41) is 8.52. The molecule has 8 heteroatoms. The highest BCUT2D eigenvalue weighted by Gasteiger charge is 2.28. The van der Waals surface area contributed by atoms with E-state index in [2.05, 4.69) is 4.98 Å². The zero-order chi connectivity index (χ0) is 12.3. The molecule has 1 fully saturated rings. The Morgan fingerprint density at radius 1 is 1.76 bits per heavy atom. The topological polar surface area (TPSA) is 99.6 Å². The van der Waals surface area contributed by atoms with Gasteiger partial charge in [0.2, 0.25) is 0 Å². The molecular formula is C9H13N3O4S. The van der Waals surface area contributed by atoms with Gasteiger partial charge in [-0.2, -0.15) is 4.98 Å². The summed E-state index contributed by atoms with van der Waals surface area (Å²) in [6, 6.07) is 1.55. The number of anilines is 1. The predicted octanol–water partition coefficient (Wildman–Crippen LogP) is -0.620. The highest BCUT2D eigenvalue weighted by atomic mass is 32.2. The smallest absolute Gasteiger partial charge is 0.351 e. The molecule has 1 saturated heterocycles. The fourth-order valence-corrected chi connectivity index (χ4v) is 2.49. The van der Waals surface area contributed by atoms with E-state index in [1.54, 1.807) is 12.3 Å². The first-order valence-electron chi connectivity index (χ1n) is 5.01. The molecule has 3 N–H and O–H groups in total. The first-order chi connectivity index (χ1) is 8.20. The number of nitrogens with two attached hydrogens (primary N) is 1. The molecule has 2 atom stereocenters. The maximum atomic E-state index is 11.6. The molecule has 0 spiro atoms. The lowest BCUT2D eigenvalue weighted by Crippen LogP contribution is -2.28. The zero-order valence-electron chi connectivity index (χ0n) is 8.98. The van der Waals surface area contributed by atoms with Gasteiger partial charge < -0.3 is 20.3 Å². The van der Waals surface area contributed by atoms with Crippen molar-refractivity contribution < 1.29 is 14.6 Å². The van der Waals surface area contributed by atoms with Crippen molar-refractivity contribution >= 4 is 17.6 Å². The van der Waals surface area contributed by atoms with E-state index in [1.165, 1.54) is 16.3 Å². The molecule has 0 unspecified atom stereocenters. The molecule has 0 bridgehead atoms. The number of aliphatic hydroxyl groups excluding tert-OH is 1. The molecule has 0 aliphatic carbocycles. The number of aliphatic hydroxyl groups is 1. The molecule has 2 heterocycles. The van der Waals surface area contributed by atoms with Crippen molar-refractivity contribution in [3.63, 3.8) is 0 Å². The van der Waals surface area contributed by atoms with Gasteiger partial charge in [-0.15, -0.1) is 11.8 Å². The Morgan fingerprint density at radius 2 is 2.59 bits per heavy atom. The molecule has 17 heavy (non-hydrogen) atoms. The number of hydrogen-bond donors (Lipinski definition) is 2. The maximum Gasteiger partial charge on any atom is 0.351 e. The molecule has 0 amide bonds. The number of nitrogen functional groups attached to an aromatic ring is 1. The van der Waals surface area contributed by atoms with Crippen LogP contribution in [0.15, 0.2) is 17.1 Å². The van der Waals surface area contributed by atoms with Crippen molar-refractivity contribution in [3.8, 4) is 0 Å². The Labute approximate surface area is 102 Å². The van der Waals surface area contributed by atoms with Gasteiger partial charge in [0.05, 0.1) is 6.61 Å². The fraction of sp³-hybridized carbons (Fsp3) is 0.556. The first kappa shape index (κ1) is 12.4. The fourth-order valence-electron chi connectivity index (χ4n) is 1.47. The molecule has 0 radical (unpaired) electrons. The Kier molecular flexibility index (Phi) is 4.00. The van der Waals surface area contributed by atoms with Crippen LogP contribution in [0.2, 0.25) is 0 Å². The Morgan fingerprint density at radius 3 is 3.29 bits per heavy atom. The van der Waals surface area contributed by atoms with E-state index in [1.807, 2.05) is 0 Å². The number of ether oxygens (including phenoxy) is 2. The van der Waals surface area contributed by atoms with Crippen molar-refractivity contribution in [1.29, 1.82) is 0 Å². The van der Waals surface area contributed by atoms with Gasteiger partial charge in [-0.05, 0) is 6.07 Å². The van der Waals surface area contributed by atoms with Gasteiger partial charge in [0, 0.05) is 11.9 Å². The van der Waals surface area contributed by atoms with E-state index >= 15 is 0 Å². The van der Waals surface area contributed by atoms with Gasteiger partial charge in [0.25, 0.3) is 0 Å². The van der Waals surface area contributed by atoms with Crippen LogP contribution in [0.1, 0.15) is 6.23 Å². The van der Waals surface area contributed by atoms with Crippen LogP contribution in [0.4, 0.5) is 5.82 Å². The lowest BCUT2D eigenvalue weighted by molar-refractivity contribution is -0.0618. The standard InChI is InChI=1S/C9H13N3O4S/c10-6-1-2-12(9(14)11-6)7-4-17-8(16-7)3-15-5-13/h1-2,7-8,13H,3-5H2,(H2,10,11,14)/t7-,8+/m0/s1. The minimum absolute atomic E-state index is 0.184. The maximum absolute atomic E-state index is 11.6. The monoisotopic (exact) mass is 259 g/mol. The summed E-state index contributed by atoms with van der Waals surface area (Å²) in [4.78, 5) is 15.2. The van der Waals surface area contributed by atoms with Crippen molar-refractivity contribution in [2.45, 2.75) is 11.7 Å². The van der Waals surface area contributed by atoms with Crippen LogP contribution in [-0.4, -0.2) is 39.2 Å². The molecule has 1 aromatic heterocycles. The minimum atomic E-state index is -0.431. The van der Waals surface area contributed by atoms with Crippen LogP contribution in [0, 0.1) is 0 Å². The van der Waals surface area contributed by atoms with Gasteiger partial charge in [-0.3, -0.25) is 4.57 Å². The second-order valence-corrected chi connectivity index (χ2v) is 4.59. The third-order valence-electron chi connectivity index (χ3n) is 2.24. The average Bonchev–Trinajstić information content (AvgIpc) is 2.75. The highest BCUT2D eigenvalue weighted by molar-refractivity contribution is 8.00. The Balaban J connectivity index is 2.02. The molecule has 1 aliphatic rings. The van der Waals surface area contributed by atoms with E-state index in [-0.39, 0.29) is 30.9 Å². The predicted molar refractivity (Wildman–Crippen MR) is 62.3 cm³/mol. The van der Waals surface area contributed by atoms with Gasteiger partial charge >= 0.3 is 5.69 Å². The summed E-state index contributed by atoms with van der Waals surface area (Å²) in [5.74, 6) is 0.822. The SMILES string of the molecule is Nc1ccn([C@@H]2CS[C@H](COCO)O2)c(=O)n1. The molecular weight excluding hydrogens is 246 g/mol. The molecule has 7 nitrogen and oxygen atoms in total. The molecule has 2 rings (SSSR count). The number of thioether (sulfide) groups is 1. The van der Waals surface area contributed by atoms with Crippen LogP contribution in [0.3, 0.4) is 0 Å². The van der Waals surface area contributed by atoms with E-state index in [0.29, 0.717) is 5.75 Å². The number of aromatic nitrogens is 2.